The van der Waals surface area contributed by atoms with Crippen LogP contribution in [0.5, 0.6) is 0 Å². The molecule has 2 aromatic rings. The zero-order valence-corrected chi connectivity index (χ0v) is 14.1. The Kier molecular flexibility index (Phi) is 4.29. The number of thioether (sulfide) groups is 1. The molecular weight excluding hydrogens is 326 g/mol. The fraction of sp³-hybridized carbons (Fsp3) is 0.429. The Morgan fingerprint density at radius 1 is 1.38 bits per heavy atom. The van der Waals surface area contributed by atoms with Crippen LogP contribution in [0, 0.1) is 0 Å². The smallest absolute Gasteiger partial charge is 0.244 e. The Hall–Kier alpha value is -0.600. The van der Waals surface area contributed by atoms with Gasteiger partial charge in [-0.1, -0.05) is 18.2 Å². The normalized spacial score (nSPS) is 19.7. The lowest BCUT2D eigenvalue weighted by molar-refractivity contribution is 0.282. The Balaban J connectivity index is 2.13. The molecule has 1 aliphatic heterocycles. The third-order valence-corrected chi connectivity index (χ3v) is 8.29. The quantitative estimate of drug-likeness (QED) is 0.927. The first-order valence-corrected chi connectivity index (χ1v) is 10.1. The van der Waals surface area contributed by atoms with Crippen LogP contribution in [0.15, 0.2) is 29.2 Å². The molecule has 21 heavy (non-hydrogen) atoms. The number of fused-ring (bicyclic) bond motifs is 1. The van der Waals surface area contributed by atoms with Crippen molar-refractivity contribution < 1.29 is 13.5 Å². The number of hydrogen-bond donors (Lipinski definition) is 1. The van der Waals surface area contributed by atoms with Gasteiger partial charge in [0.1, 0.15) is 4.90 Å². The van der Waals surface area contributed by atoms with Gasteiger partial charge in [0.15, 0.2) is 0 Å². The molecule has 1 unspecified atom stereocenters. The van der Waals surface area contributed by atoms with Gasteiger partial charge in [-0.2, -0.15) is 16.1 Å². The van der Waals surface area contributed by atoms with Gasteiger partial charge in [0.25, 0.3) is 0 Å². The van der Waals surface area contributed by atoms with Crippen molar-refractivity contribution >= 4 is 43.2 Å². The predicted octanol–water partition coefficient (Wildman–Crippen LogP) is 2.52. The highest BCUT2D eigenvalue weighted by atomic mass is 32.2. The molecule has 1 atom stereocenters. The molecule has 3 rings (SSSR count). The van der Waals surface area contributed by atoms with Crippen LogP contribution in [0.2, 0.25) is 0 Å². The van der Waals surface area contributed by atoms with Crippen LogP contribution in [0.1, 0.15) is 11.3 Å². The van der Waals surface area contributed by atoms with E-state index in [-0.39, 0.29) is 17.5 Å². The summed E-state index contributed by atoms with van der Waals surface area (Å²) in [6, 6.07) is 7.47. The first-order valence-electron chi connectivity index (χ1n) is 6.72. The summed E-state index contributed by atoms with van der Waals surface area (Å²) in [4.78, 5) is 0.804. The summed E-state index contributed by atoms with van der Waals surface area (Å²) in [7, 11) is -1.93. The summed E-state index contributed by atoms with van der Waals surface area (Å²) >= 11 is 3.13. The van der Waals surface area contributed by atoms with Crippen molar-refractivity contribution in [2.45, 2.75) is 24.0 Å². The Labute approximate surface area is 132 Å². The largest absolute Gasteiger partial charge is 0.391 e. The van der Waals surface area contributed by atoms with Crippen molar-refractivity contribution in [3.63, 3.8) is 0 Å². The van der Waals surface area contributed by atoms with E-state index in [2.05, 4.69) is 0 Å². The highest BCUT2D eigenvalue weighted by molar-refractivity contribution is 7.99. The molecule has 7 heteroatoms. The van der Waals surface area contributed by atoms with E-state index in [1.807, 2.05) is 24.3 Å². The van der Waals surface area contributed by atoms with Crippen molar-refractivity contribution in [3.8, 4) is 0 Å². The third-order valence-electron chi connectivity index (χ3n) is 3.82. The summed E-state index contributed by atoms with van der Waals surface area (Å²) in [6.07, 6.45) is 0.886. The molecule has 0 saturated carbocycles. The molecule has 1 aliphatic rings. The van der Waals surface area contributed by atoms with Crippen LogP contribution < -0.4 is 0 Å². The van der Waals surface area contributed by atoms with Gasteiger partial charge in [-0.05, 0) is 18.2 Å². The molecule has 1 aromatic heterocycles. The van der Waals surface area contributed by atoms with Crippen LogP contribution in [0.25, 0.3) is 10.1 Å². The zero-order chi connectivity index (χ0) is 15.0. The average molecular weight is 343 g/mol. The number of rotatable bonds is 4. The van der Waals surface area contributed by atoms with Crippen LogP contribution in [-0.4, -0.2) is 42.4 Å². The molecule has 1 fully saturated rings. The van der Waals surface area contributed by atoms with E-state index < -0.39 is 10.0 Å². The average Bonchev–Trinajstić information content (AvgIpc) is 3.13. The minimum Gasteiger partial charge on any atom is -0.391 e. The Bertz CT molecular complexity index is 748. The lowest BCUT2D eigenvalue weighted by Gasteiger charge is -2.23. The van der Waals surface area contributed by atoms with E-state index in [9.17, 15) is 13.5 Å². The van der Waals surface area contributed by atoms with E-state index in [0.717, 1.165) is 22.6 Å². The van der Waals surface area contributed by atoms with Gasteiger partial charge in [0.2, 0.25) is 10.0 Å². The minimum atomic E-state index is -3.58. The molecule has 0 spiro atoms. The molecule has 1 aromatic carbocycles. The van der Waals surface area contributed by atoms with Gasteiger partial charge in [-0.15, -0.1) is 11.3 Å². The number of aliphatic hydroxyl groups is 1. The SMILES string of the molecule is CN(C1CCSC1)S(=O)(=O)c1c(CO)sc2ccccc12. The van der Waals surface area contributed by atoms with E-state index in [1.165, 1.54) is 15.6 Å². The minimum absolute atomic E-state index is 0.0465. The van der Waals surface area contributed by atoms with E-state index in [0.29, 0.717) is 10.3 Å². The number of aliphatic hydroxyl groups excluding tert-OH is 1. The van der Waals surface area contributed by atoms with Crippen LogP contribution in [0.3, 0.4) is 0 Å². The number of thiophene rings is 1. The second kappa shape index (κ2) is 5.89. The summed E-state index contributed by atoms with van der Waals surface area (Å²) < 4.78 is 28.4. The number of hydrogen-bond acceptors (Lipinski definition) is 5. The second-order valence-electron chi connectivity index (χ2n) is 5.05. The number of benzene rings is 1. The zero-order valence-electron chi connectivity index (χ0n) is 11.7. The van der Waals surface area contributed by atoms with Gasteiger partial charge in [0, 0.05) is 28.9 Å². The molecule has 114 valence electrons. The molecule has 0 radical (unpaired) electrons. The van der Waals surface area contributed by atoms with Crippen molar-refractivity contribution in [1.29, 1.82) is 0 Å². The van der Waals surface area contributed by atoms with E-state index in [1.54, 1.807) is 18.8 Å². The fourth-order valence-corrected chi connectivity index (χ4v) is 7.10. The summed E-state index contributed by atoms with van der Waals surface area (Å²) in [6.45, 7) is -0.249. The van der Waals surface area contributed by atoms with E-state index in [4.69, 9.17) is 0 Å². The van der Waals surface area contributed by atoms with Crippen molar-refractivity contribution in [2.75, 3.05) is 18.6 Å². The first-order chi connectivity index (χ1) is 10.1. The molecule has 0 bridgehead atoms. The lowest BCUT2D eigenvalue weighted by Crippen LogP contribution is -2.37. The number of sulfonamides is 1. The molecule has 2 heterocycles. The highest BCUT2D eigenvalue weighted by Crippen LogP contribution is 2.37. The topological polar surface area (TPSA) is 57.6 Å². The van der Waals surface area contributed by atoms with Gasteiger partial charge in [0.05, 0.1) is 11.5 Å². The first kappa shape index (κ1) is 15.3. The Morgan fingerprint density at radius 2 is 2.14 bits per heavy atom. The summed E-state index contributed by atoms with van der Waals surface area (Å²) in [5.74, 6) is 1.84. The molecule has 0 amide bonds. The third kappa shape index (κ3) is 2.61. The maximum Gasteiger partial charge on any atom is 0.244 e. The second-order valence-corrected chi connectivity index (χ2v) is 9.27. The van der Waals surface area contributed by atoms with Crippen molar-refractivity contribution in [2.24, 2.45) is 0 Å². The standard InChI is InChI=1S/C14H17NO3S3/c1-15(10-6-7-19-9-10)21(17,18)14-11-4-2-3-5-12(11)20-13(14)8-16/h2-5,10,16H,6-9H2,1H3. The molecule has 1 N–H and O–H groups in total. The maximum absolute atomic E-state index is 13.0. The summed E-state index contributed by atoms with van der Waals surface area (Å²) in [5, 5.41) is 10.3. The molecule has 4 nitrogen and oxygen atoms in total. The monoisotopic (exact) mass is 343 g/mol. The molecule has 1 saturated heterocycles. The van der Waals surface area contributed by atoms with Gasteiger partial charge < -0.3 is 5.11 Å². The number of nitrogens with zero attached hydrogens (tertiary/aromatic N) is 1. The maximum atomic E-state index is 13.0. The molecular formula is C14H17NO3S3. The van der Waals surface area contributed by atoms with Crippen molar-refractivity contribution in [1.82, 2.24) is 4.31 Å². The molecule has 0 aliphatic carbocycles. The lowest BCUT2D eigenvalue weighted by atomic mass is 10.2. The Morgan fingerprint density at radius 3 is 2.81 bits per heavy atom. The van der Waals surface area contributed by atoms with Gasteiger partial charge in [-0.25, -0.2) is 8.42 Å². The fourth-order valence-electron chi connectivity index (χ4n) is 2.61. The van der Waals surface area contributed by atoms with Crippen LogP contribution >= 0.6 is 23.1 Å². The van der Waals surface area contributed by atoms with E-state index >= 15 is 0 Å². The highest BCUT2D eigenvalue weighted by Gasteiger charge is 2.33. The van der Waals surface area contributed by atoms with Crippen LogP contribution in [-0.2, 0) is 16.6 Å². The van der Waals surface area contributed by atoms with Crippen molar-refractivity contribution in [3.05, 3.63) is 29.1 Å². The van der Waals surface area contributed by atoms with Gasteiger partial charge >= 0.3 is 0 Å². The van der Waals surface area contributed by atoms with Gasteiger partial charge in [-0.3, -0.25) is 0 Å². The summed E-state index contributed by atoms with van der Waals surface area (Å²) in [5.41, 5.74) is 0. The van der Waals surface area contributed by atoms with Crippen LogP contribution in [0.4, 0.5) is 0 Å². The predicted molar refractivity (Wildman–Crippen MR) is 88.4 cm³/mol.